The van der Waals surface area contributed by atoms with E-state index in [1.54, 1.807) is 6.20 Å². The molecule has 2 N–H and O–H groups in total. The minimum Gasteiger partial charge on any atom is -0.283 e. The Balaban J connectivity index is 1.72. The third-order valence-corrected chi connectivity index (χ3v) is 2.23. The molecule has 0 saturated carbocycles. The largest absolute Gasteiger partial charge is 0.283 e. The summed E-state index contributed by atoms with van der Waals surface area (Å²) in [6.45, 7) is 2.12. The van der Waals surface area contributed by atoms with Crippen molar-refractivity contribution < 1.29 is 9.63 Å². The van der Waals surface area contributed by atoms with Gasteiger partial charge in [-0.3, -0.25) is 19.7 Å². The Morgan fingerprint density at radius 3 is 3.00 bits per heavy atom. The normalized spacial score (nSPS) is 10.3. The number of carbonyl (C=O) groups excluding carboxylic acids is 1. The summed E-state index contributed by atoms with van der Waals surface area (Å²) in [5, 5.41) is 6.74. The van der Waals surface area contributed by atoms with Gasteiger partial charge in [0.2, 0.25) is 5.91 Å². The number of hydroxylamine groups is 1. The molecule has 0 atom stereocenters. The van der Waals surface area contributed by atoms with Gasteiger partial charge in [0.25, 0.3) is 0 Å². The number of aryl methyl sites for hydroxylation is 1. The van der Waals surface area contributed by atoms with Crippen molar-refractivity contribution in [1.29, 1.82) is 0 Å². The summed E-state index contributed by atoms with van der Waals surface area (Å²) in [7, 11) is 0. The third kappa shape index (κ3) is 3.67. The number of rotatable bonds is 5. The van der Waals surface area contributed by atoms with Gasteiger partial charge in [-0.1, -0.05) is 6.07 Å². The second kappa shape index (κ2) is 5.92. The molecule has 2 rings (SSSR count). The zero-order valence-corrected chi connectivity index (χ0v) is 10.0. The van der Waals surface area contributed by atoms with E-state index in [0.29, 0.717) is 5.69 Å². The van der Waals surface area contributed by atoms with Crippen LogP contribution in [0.5, 0.6) is 0 Å². The molecule has 0 aliphatic carbocycles. The lowest BCUT2D eigenvalue weighted by Crippen LogP contribution is -2.25. The minimum absolute atomic E-state index is 0.187. The van der Waals surface area contributed by atoms with Crippen LogP contribution in [0.4, 0.5) is 0 Å². The SMILES string of the molecule is Cc1cc(CC(=O)NOCc2ccccn2)n[nH]1. The number of nitrogens with one attached hydrogen (secondary N) is 2. The van der Waals surface area contributed by atoms with Gasteiger partial charge in [-0.2, -0.15) is 5.10 Å². The summed E-state index contributed by atoms with van der Waals surface area (Å²) in [4.78, 5) is 20.6. The maximum absolute atomic E-state index is 11.5. The second-order valence-corrected chi connectivity index (χ2v) is 3.85. The van der Waals surface area contributed by atoms with Crippen LogP contribution >= 0.6 is 0 Å². The number of hydrogen-bond acceptors (Lipinski definition) is 4. The van der Waals surface area contributed by atoms with Crippen molar-refractivity contribution in [1.82, 2.24) is 20.7 Å². The highest BCUT2D eigenvalue weighted by atomic mass is 16.6. The molecule has 0 bridgehead atoms. The van der Waals surface area contributed by atoms with Crippen LogP contribution in [-0.4, -0.2) is 21.1 Å². The van der Waals surface area contributed by atoms with E-state index in [1.165, 1.54) is 0 Å². The van der Waals surface area contributed by atoms with Gasteiger partial charge < -0.3 is 0 Å². The Kier molecular flexibility index (Phi) is 4.03. The number of nitrogens with zero attached hydrogens (tertiary/aromatic N) is 2. The molecule has 0 saturated heterocycles. The molecule has 2 aromatic heterocycles. The molecule has 0 aliphatic heterocycles. The lowest BCUT2D eigenvalue weighted by molar-refractivity contribution is -0.134. The number of aromatic nitrogens is 3. The molecule has 6 nitrogen and oxygen atoms in total. The molecular weight excluding hydrogens is 232 g/mol. The number of hydrogen-bond donors (Lipinski definition) is 2. The fraction of sp³-hybridized carbons (Fsp3) is 0.250. The molecule has 18 heavy (non-hydrogen) atoms. The van der Waals surface area contributed by atoms with Crippen LogP contribution in [0.3, 0.4) is 0 Å². The van der Waals surface area contributed by atoms with Crippen molar-refractivity contribution in [2.45, 2.75) is 20.0 Å². The van der Waals surface area contributed by atoms with Gasteiger partial charge in [0, 0.05) is 11.9 Å². The van der Waals surface area contributed by atoms with Gasteiger partial charge in [-0.15, -0.1) is 0 Å². The lowest BCUT2D eigenvalue weighted by Gasteiger charge is -2.04. The van der Waals surface area contributed by atoms with Crippen LogP contribution in [-0.2, 0) is 22.7 Å². The van der Waals surface area contributed by atoms with E-state index in [0.717, 1.165) is 11.4 Å². The highest BCUT2D eigenvalue weighted by molar-refractivity contribution is 5.77. The fourth-order valence-electron chi connectivity index (χ4n) is 1.44. The van der Waals surface area contributed by atoms with Gasteiger partial charge in [-0.25, -0.2) is 5.48 Å². The standard InChI is InChI=1S/C12H14N4O2/c1-9-6-11(15-14-9)7-12(17)16-18-8-10-4-2-3-5-13-10/h2-6H,7-8H2,1H3,(H,14,15)(H,16,17). The number of H-pyrrole nitrogens is 1. The van der Waals surface area contributed by atoms with Crippen molar-refractivity contribution in [2.24, 2.45) is 0 Å². The highest BCUT2D eigenvalue weighted by Crippen LogP contribution is 1.99. The Morgan fingerprint density at radius 1 is 1.44 bits per heavy atom. The zero-order valence-electron chi connectivity index (χ0n) is 10.0. The van der Waals surface area contributed by atoms with Crippen molar-refractivity contribution in [3.05, 3.63) is 47.5 Å². The van der Waals surface area contributed by atoms with E-state index in [4.69, 9.17) is 4.84 Å². The summed E-state index contributed by atoms with van der Waals surface area (Å²) < 4.78 is 0. The molecule has 0 aliphatic rings. The van der Waals surface area contributed by atoms with E-state index in [-0.39, 0.29) is 18.9 Å². The summed E-state index contributed by atoms with van der Waals surface area (Å²) >= 11 is 0. The Hall–Kier alpha value is -2.21. The number of aromatic amines is 1. The van der Waals surface area contributed by atoms with Crippen LogP contribution in [0.1, 0.15) is 17.1 Å². The first-order valence-electron chi connectivity index (χ1n) is 5.55. The molecule has 94 valence electrons. The predicted octanol–water partition coefficient (Wildman–Crippen LogP) is 0.904. The first-order chi connectivity index (χ1) is 8.74. The molecule has 0 spiro atoms. The van der Waals surface area contributed by atoms with E-state index in [2.05, 4.69) is 20.7 Å². The van der Waals surface area contributed by atoms with Crippen LogP contribution in [0.2, 0.25) is 0 Å². The average Bonchev–Trinajstić information content (AvgIpc) is 2.76. The number of carbonyl (C=O) groups is 1. The van der Waals surface area contributed by atoms with E-state index >= 15 is 0 Å². The molecule has 2 heterocycles. The summed E-state index contributed by atoms with van der Waals surface area (Å²) in [6, 6.07) is 7.32. The average molecular weight is 246 g/mol. The molecule has 0 aromatic carbocycles. The van der Waals surface area contributed by atoms with Gasteiger partial charge in [-0.05, 0) is 25.1 Å². The molecule has 0 radical (unpaired) electrons. The number of amides is 1. The maximum Gasteiger partial charge on any atom is 0.249 e. The van der Waals surface area contributed by atoms with Gasteiger partial charge in [0.15, 0.2) is 0 Å². The van der Waals surface area contributed by atoms with Crippen LogP contribution in [0, 0.1) is 6.92 Å². The number of pyridine rings is 1. The lowest BCUT2D eigenvalue weighted by atomic mass is 10.3. The Morgan fingerprint density at radius 2 is 2.33 bits per heavy atom. The zero-order chi connectivity index (χ0) is 12.8. The van der Waals surface area contributed by atoms with Crippen LogP contribution < -0.4 is 5.48 Å². The Labute approximate surface area is 104 Å². The van der Waals surface area contributed by atoms with Gasteiger partial charge in [0.05, 0.1) is 17.8 Å². The van der Waals surface area contributed by atoms with E-state index in [1.807, 2.05) is 31.2 Å². The smallest absolute Gasteiger partial charge is 0.249 e. The van der Waals surface area contributed by atoms with Crippen molar-refractivity contribution in [3.63, 3.8) is 0 Å². The highest BCUT2D eigenvalue weighted by Gasteiger charge is 2.06. The second-order valence-electron chi connectivity index (χ2n) is 3.85. The van der Waals surface area contributed by atoms with E-state index < -0.39 is 0 Å². The van der Waals surface area contributed by atoms with Gasteiger partial charge >= 0.3 is 0 Å². The molecule has 0 fully saturated rings. The predicted molar refractivity (Wildman–Crippen MR) is 64.2 cm³/mol. The van der Waals surface area contributed by atoms with Crippen molar-refractivity contribution >= 4 is 5.91 Å². The molecule has 0 unspecified atom stereocenters. The first kappa shape index (κ1) is 12.3. The molecular formula is C12H14N4O2. The minimum atomic E-state index is -0.238. The Bertz CT molecular complexity index is 510. The molecule has 2 aromatic rings. The van der Waals surface area contributed by atoms with Gasteiger partial charge in [0.1, 0.15) is 6.61 Å². The van der Waals surface area contributed by atoms with Crippen LogP contribution in [0.15, 0.2) is 30.5 Å². The first-order valence-corrected chi connectivity index (χ1v) is 5.55. The van der Waals surface area contributed by atoms with E-state index in [9.17, 15) is 4.79 Å². The fourth-order valence-corrected chi connectivity index (χ4v) is 1.44. The monoisotopic (exact) mass is 246 g/mol. The maximum atomic E-state index is 11.5. The topological polar surface area (TPSA) is 79.9 Å². The summed E-state index contributed by atoms with van der Waals surface area (Å²) in [5.74, 6) is -0.238. The van der Waals surface area contributed by atoms with Crippen LogP contribution in [0.25, 0.3) is 0 Å². The molecule has 6 heteroatoms. The summed E-state index contributed by atoms with van der Waals surface area (Å²) in [5.41, 5.74) is 4.72. The third-order valence-electron chi connectivity index (χ3n) is 2.23. The quantitative estimate of drug-likeness (QED) is 0.768. The molecule has 1 amide bonds. The van der Waals surface area contributed by atoms with Crippen molar-refractivity contribution in [2.75, 3.05) is 0 Å². The summed E-state index contributed by atoms with van der Waals surface area (Å²) in [6.07, 6.45) is 1.86. The van der Waals surface area contributed by atoms with Crippen molar-refractivity contribution in [3.8, 4) is 0 Å².